The summed E-state index contributed by atoms with van der Waals surface area (Å²) in [5.41, 5.74) is 2.05. The van der Waals surface area contributed by atoms with Crippen molar-refractivity contribution in [3.8, 4) is 11.1 Å². The number of halogens is 2. The van der Waals surface area contributed by atoms with Crippen molar-refractivity contribution in [1.29, 1.82) is 0 Å². The first kappa shape index (κ1) is 11.4. The highest BCUT2D eigenvalue weighted by Crippen LogP contribution is 2.31. The zero-order valence-electron chi connectivity index (χ0n) is 9.70. The quantitative estimate of drug-likeness (QED) is 0.775. The van der Waals surface area contributed by atoms with E-state index in [1.54, 1.807) is 18.2 Å². The van der Waals surface area contributed by atoms with E-state index in [1.807, 2.05) is 12.1 Å². The summed E-state index contributed by atoms with van der Waals surface area (Å²) in [6.45, 7) is 0.797. The maximum Gasteiger partial charge on any atom is 0.166 e. The highest BCUT2D eigenvalue weighted by atomic mass is 19.2. The summed E-state index contributed by atoms with van der Waals surface area (Å²) in [4.78, 5) is 0. The molecule has 3 heteroatoms. The highest BCUT2D eigenvalue weighted by molar-refractivity contribution is 5.64. The van der Waals surface area contributed by atoms with Crippen molar-refractivity contribution in [2.75, 3.05) is 6.61 Å². The van der Waals surface area contributed by atoms with E-state index in [1.165, 1.54) is 6.07 Å². The van der Waals surface area contributed by atoms with Crippen LogP contribution >= 0.6 is 0 Å². The lowest BCUT2D eigenvalue weighted by molar-refractivity contribution is -0.0527. The zero-order valence-corrected chi connectivity index (χ0v) is 9.70. The van der Waals surface area contributed by atoms with Gasteiger partial charge in [-0.2, -0.15) is 0 Å². The van der Waals surface area contributed by atoms with Gasteiger partial charge in [-0.3, -0.25) is 0 Å². The number of benzene rings is 2. The van der Waals surface area contributed by atoms with E-state index in [9.17, 15) is 8.78 Å². The molecular formula is C15H12F2O. The summed E-state index contributed by atoms with van der Waals surface area (Å²) in [7, 11) is 0. The lowest BCUT2D eigenvalue weighted by Crippen LogP contribution is -2.17. The molecule has 1 aliphatic heterocycles. The van der Waals surface area contributed by atoms with Crippen molar-refractivity contribution < 1.29 is 13.5 Å². The van der Waals surface area contributed by atoms with Crippen LogP contribution in [0.5, 0.6) is 0 Å². The lowest BCUT2D eigenvalue weighted by atomic mass is 9.99. The van der Waals surface area contributed by atoms with Gasteiger partial charge in [-0.05, 0) is 17.2 Å². The average Bonchev–Trinajstić information content (AvgIpc) is 2.32. The van der Waals surface area contributed by atoms with Gasteiger partial charge in [0.15, 0.2) is 11.6 Å². The number of ether oxygens (including phenoxy) is 1. The van der Waals surface area contributed by atoms with Gasteiger partial charge in [-0.15, -0.1) is 0 Å². The molecule has 3 rings (SSSR count). The molecule has 0 N–H and O–H groups in total. The first-order chi connectivity index (χ1) is 8.75. The van der Waals surface area contributed by atoms with Crippen molar-refractivity contribution in [2.24, 2.45) is 0 Å². The van der Waals surface area contributed by atoms with Gasteiger partial charge in [0.05, 0.1) is 12.7 Å². The zero-order chi connectivity index (χ0) is 12.5. The molecule has 1 atom stereocenters. The third-order valence-corrected chi connectivity index (χ3v) is 3.24. The molecule has 1 aliphatic rings. The number of hydrogen-bond donors (Lipinski definition) is 0. The van der Waals surface area contributed by atoms with Crippen LogP contribution in [0.3, 0.4) is 0 Å². The Morgan fingerprint density at radius 2 is 1.72 bits per heavy atom. The lowest BCUT2D eigenvalue weighted by Gasteiger charge is -2.26. The Morgan fingerprint density at radius 1 is 1.00 bits per heavy atom. The topological polar surface area (TPSA) is 9.23 Å². The SMILES string of the molecule is Fc1cccc(-c2ccc(C3CCO3)cc2)c1F. The van der Waals surface area contributed by atoms with Gasteiger partial charge < -0.3 is 4.74 Å². The van der Waals surface area contributed by atoms with Gasteiger partial charge in [0.2, 0.25) is 0 Å². The molecule has 0 radical (unpaired) electrons. The molecule has 92 valence electrons. The molecule has 1 fully saturated rings. The normalized spacial score (nSPS) is 18.4. The fourth-order valence-corrected chi connectivity index (χ4v) is 2.10. The molecule has 0 aromatic heterocycles. The minimum absolute atomic E-state index is 0.163. The minimum atomic E-state index is -0.820. The monoisotopic (exact) mass is 246 g/mol. The first-order valence-electron chi connectivity index (χ1n) is 5.91. The van der Waals surface area contributed by atoms with Crippen LogP contribution in [0.4, 0.5) is 8.78 Å². The van der Waals surface area contributed by atoms with Gasteiger partial charge in [-0.1, -0.05) is 36.4 Å². The summed E-state index contributed by atoms with van der Waals surface area (Å²) >= 11 is 0. The van der Waals surface area contributed by atoms with Crippen LogP contribution in [0.25, 0.3) is 11.1 Å². The molecule has 1 heterocycles. The molecule has 18 heavy (non-hydrogen) atoms. The van der Waals surface area contributed by atoms with E-state index in [0.29, 0.717) is 5.56 Å². The van der Waals surface area contributed by atoms with Crippen molar-refractivity contribution in [3.05, 3.63) is 59.7 Å². The summed E-state index contributed by atoms with van der Waals surface area (Å²) in [5.74, 6) is -1.62. The van der Waals surface area contributed by atoms with E-state index in [2.05, 4.69) is 0 Å². The largest absolute Gasteiger partial charge is 0.373 e. The second kappa shape index (κ2) is 4.50. The fraction of sp³-hybridized carbons (Fsp3) is 0.200. The van der Waals surface area contributed by atoms with Crippen LogP contribution in [-0.4, -0.2) is 6.61 Å². The second-order valence-electron chi connectivity index (χ2n) is 4.37. The van der Waals surface area contributed by atoms with Gasteiger partial charge in [0.25, 0.3) is 0 Å². The maximum absolute atomic E-state index is 13.6. The Balaban J connectivity index is 1.94. The van der Waals surface area contributed by atoms with Gasteiger partial charge in [-0.25, -0.2) is 8.78 Å². The Morgan fingerprint density at radius 3 is 2.33 bits per heavy atom. The van der Waals surface area contributed by atoms with Crippen LogP contribution in [-0.2, 0) is 4.74 Å². The Labute approximate surface area is 104 Å². The molecule has 0 bridgehead atoms. The van der Waals surface area contributed by atoms with Crippen LogP contribution in [0.15, 0.2) is 42.5 Å². The fourth-order valence-electron chi connectivity index (χ4n) is 2.10. The van der Waals surface area contributed by atoms with Crippen molar-refractivity contribution >= 4 is 0 Å². The Kier molecular flexibility index (Phi) is 2.84. The van der Waals surface area contributed by atoms with Crippen molar-refractivity contribution in [1.82, 2.24) is 0 Å². The van der Waals surface area contributed by atoms with Crippen LogP contribution < -0.4 is 0 Å². The van der Waals surface area contributed by atoms with E-state index in [4.69, 9.17) is 4.74 Å². The molecular weight excluding hydrogens is 234 g/mol. The smallest absolute Gasteiger partial charge is 0.166 e. The third-order valence-electron chi connectivity index (χ3n) is 3.24. The van der Waals surface area contributed by atoms with Gasteiger partial charge in [0.1, 0.15) is 0 Å². The molecule has 0 saturated carbocycles. The Bertz CT molecular complexity index is 559. The van der Waals surface area contributed by atoms with E-state index in [-0.39, 0.29) is 11.7 Å². The van der Waals surface area contributed by atoms with Crippen molar-refractivity contribution in [3.63, 3.8) is 0 Å². The predicted molar refractivity (Wildman–Crippen MR) is 65.1 cm³/mol. The second-order valence-corrected chi connectivity index (χ2v) is 4.37. The molecule has 2 aromatic carbocycles. The number of hydrogen-bond acceptors (Lipinski definition) is 1. The van der Waals surface area contributed by atoms with E-state index < -0.39 is 11.6 Å². The van der Waals surface area contributed by atoms with Gasteiger partial charge in [0, 0.05) is 12.0 Å². The molecule has 1 unspecified atom stereocenters. The standard InChI is InChI=1S/C15H12F2O/c16-13-3-1-2-12(15(13)17)10-4-6-11(7-5-10)14-8-9-18-14/h1-7,14H,8-9H2. The van der Waals surface area contributed by atoms with E-state index in [0.717, 1.165) is 24.7 Å². The highest BCUT2D eigenvalue weighted by Gasteiger charge is 2.20. The molecule has 1 nitrogen and oxygen atoms in total. The van der Waals surface area contributed by atoms with Crippen molar-refractivity contribution in [2.45, 2.75) is 12.5 Å². The first-order valence-corrected chi connectivity index (χ1v) is 5.91. The molecule has 1 saturated heterocycles. The molecule has 0 aliphatic carbocycles. The van der Waals surface area contributed by atoms with Crippen LogP contribution in [0, 0.1) is 11.6 Å². The average molecular weight is 246 g/mol. The Hall–Kier alpha value is -1.74. The molecule has 0 amide bonds. The maximum atomic E-state index is 13.6. The molecule has 0 spiro atoms. The summed E-state index contributed by atoms with van der Waals surface area (Å²) < 4.78 is 32.1. The molecule has 2 aromatic rings. The van der Waals surface area contributed by atoms with Crippen LogP contribution in [0.2, 0.25) is 0 Å². The predicted octanol–water partition coefficient (Wildman–Crippen LogP) is 4.09. The van der Waals surface area contributed by atoms with Gasteiger partial charge >= 0.3 is 0 Å². The number of rotatable bonds is 2. The van der Waals surface area contributed by atoms with Crippen LogP contribution in [0.1, 0.15) is 18.1 Å². The summed E-state index contributed by atoms with van der Waals surface area (Å²) in [6, 6.07) is 11.6. The summed E-state index contributed by atoms with van der Waals surface area (Å²) in [5, 5.41) is 0. The third kappa shape index (κ3) is 1.91. The summed E-state index contributed by atoms with van der Waals surface area (Å²) in [6.07, 6.45) is 1.18. The minimum Gasteiger partial charge on any atom is -0.373 e. The van der Waals surface area contributed by atoms with E-state index >= 15 is 0 Å².